The number of carboxylic acids is 1. The van der Waals surface area contributed by atoms with Crippen LogP contribution in [0.3, 0.4) is 0 Å². The first-order valence-corrected chi connectivity index (χ1v) is 11.4. The topological polar surface area (TPSA) is 87.0 Å². The number of allylic oxidation sites excluding steroid dienone is 3. The third-order valence-electron chi connectivity index (χ3n) is 8.13. The summed E-state index contributed by atoms with van der Waals surface area (Å²) in [6, 6.07) is 0. The standard InChI is InChI=1S/C25H38O5/c1-15(12-23(30-4)24(28)29)20-9-10-21-17(6-5-11-25(20,21)3)7-8-18-13-19(26)14-22(27)16(18)2/h7-8,15,19-23,26-27H,2,5-6,9-14H2,1,3-4H3,(H,28,29)/b17-7?,18-8-/t15-,19+,20-,21+,22-,23?,25-/m1/s1. The SMILES string of the molecule is C=C1/C(=C\C=C2CCC[C@]3(C)[C@@H]([C@H](C)CC(OC)C(=O)O)CC[C@@H]23)C[C@H](O)C[C@H]1O. The maximum absolute atomic E-state index is 11.4. The predicted molar refractivity (Wildman–Crippen MR) is 117 cm³/mol. The highest BCUT2D eigenvalue weighted by atomic mass is 16.5. The van der Waals surface area contributed by atoms with Gasteiger partial charge in [0.15, 0.2) is 6.10 Å². The van der Waals surface area contributed by atoms with Gasteiger partial charge < -0.3 is 20.1 Å². The Hall–Kier alpha value is -1.43. The lowest BCUT2D eigenvalue weighted by Crippen LogP contribution is -2.37. The lowest BCUT2D eigenvalue weighted by molar-refractivity contribution is -0.150. The smallest absolute Gasteiger partial charge is 0.332 e. The van der Waals surface area contributed by atoms with Gasteiger partial charge >= 0.3 is 5.97 Å². The zero-order valence-corrected chi connectivity index (χ0v) is 18.6. The van der Waals surface area contributed by atoms with Gasteiger partial charge in [0, 0.05) is 13.5 Å². The van der Waals surface area contributed by atoms with Gasteiger partial charge in [0.05, 0.1) is 12.2 Å². The van der Waals surface area contributed by atoms with Crippen molar-refractivity contribution in [2.75, 3.05) is 7.11 Å². The Morgan fingerprint density at radius 3 is 2.73 bits per heavy atom. The number of carbonyl (C=O) groups is 1. The monoisotopic (exact) mass is 418 g/mol. The van der Waals surface area contributed by atoms with E-state index in [9.17, 15) is 20.1 Å². The summed E-state index contributed by atoms with van der Waals surface area (Å²) in [6.07, 6.45) is 9.51. The van der Waals surface area contributed by atoms with E-state index in [0.29, 0.717) is 37.0 Å². The number of carboxylic acid groups (broad SMARTS) is 1. The van der Waals surface area contributed by atoms with Crippen molar-refractivity contribution >= 4 is 5.97 Å². The molecule has 0 amide bonds. The van der Waals surface area contributed by atoms with Crippen molar-refractivity contribution in [3.63, 3.8) is 0 Å². The van der Waals surface area contributed by atoms with E-state index in [-0.39, 0.29) is 5.41 Å². The molecular formula is C25H38O5. The van der Waals surface area contributed by atoms with Crippen LogP contribution in [0, 0.1) is 23.2 Å². The summed E-state index contributed by atoms with van der Waals surface area (Å²) in [6.45, 7) is 8.59. The minimum atomic E-state index is -0.878. The molecule has 5 nitrogen and oxygen atoms in total. The van der Waals surface area contributed by atoms with Crippen molar-refractivity contribution in [3.05, 3.63) is 35.5 Å². The zero-order chi connectivity index (χ0) is 22.1. The fourth-order valence-electron chi connectivity index (χ4n) is 6.48. The lowest BCUT2D eigenvalue weighted by atomic mass is 9.60. The van der Waals surface area contributed by atoms with Crippen LogP contribution in [0.2, 0.25) is 0 Å². The average molecular weight is 419 g/mol. The third-order valence-corrected chi connectivity index (χ3v) is 8.13. The molecule has 0 aromatic carbocycles. The largest absolute Gasteiger partial charge is 0.479 e. The van der Waals surface area contributed by atoms with Crippen LogP contribution in [-0.4, -0.2) is 46.7 Å². The van der Waals surface area contributed by atoms with Gasteiger partial charge in [-0.15, -0.1) is 0 Å². The lowest BCUT2D eigenvalue weighted by Gasteiger charge is -2.44. The van der Waals surface area contributed by atoms with Crippen LogP contribution in [0.15, 0.2) is 35.5 Å². The van der Waals surface area contributed by atoms with Crippen molar-refractivity contribution in [3.8, 4) is 0 Å². The van der Waals surface area contributed by atoms with Gasteiger partial charge in [0.25, 0.3) is 0 Å². The normalized spacial score (nSPS) is 39.2. The fourth-order valence-corrected chi connectivity index (χ4v) is 6.48. The number of fused-ring (bicyclic) bond motifs is 1. The average Bonchev–Trinajstić information content (AvgIpc) is 3.04. The first kappa shape index (κ1) is 23.2. The fraction of sp³-hybridized carbons (Fsp3) is 0.720. The first-order valence-electron chi connectivity index (χ1n) is 11.4. The molecular weight excluding hydrogens is 380 g/mol. The Bertz CT molecular complexity index is 723. The van der Waals surface area contributed by atoms with Crippen LogP contribution in [0.1, 0.15) is 65.2 Å². The van der Waals surface area contributed by atoms with Gasteiger partial charge in [-0.05, 0) is 79.3 Å². The Labute approximate surface area is 180 Å². The van der Waals surface area contributed by atoms with E-state index in [1.54, 1.807) is 0 Å². The maximum atomic E-state index is 11.4. The van der Waals surface area contributed by atoms with Crippen molar-refractivity contribution in [2.45, 2.75) is 83.5 Å². The molecule has 0 heterocycles. The Morgan fingerprint density at radius 1 is 1.33 bits per heavy atom. The van der Waals surface area contributed by atoms with E-state index in [1.807, 2.05) is 0 Å². The number of aliphatic hydroxyl groups is 2. The molecule has 0 aromatic rings. The molecule has 3 saturated carbocycles. The molecule has 3 aliphatic carbocycles. The van der Waals surface area contributed by atoms with Crippen LogP contribution in [0.5, 0.6) is 0 Å². The molecule has 7 atom stereocenters. The Balaban J connectivity index is 1.77. The molecule has 0 radical (unpaired) electrons. The van der Waals surface area contributed by atoms with E-state index in [0.717, 1.165) is 36.8 Å². The summed E-state index contributed by atoms with van der Waals surface area (Å²) >= 11 is 0. The molecule has 0 saturated heterocycles. The predicted octanol–water partition coefficient (Wildman–Crippen LogP) is 4.25. The minimum Gasteiger partial charge on any atom is -0.479 e. The van der Waals surface area contributed by atoms with Gasteiger partial charge in [-0.3, -0.25) is 0 Å². The molecule has 3 aliphatic rings. The molecule has 0 spiro atoms. The maximum Gasteiger partial charge on any atom is 0.332 e. The molecule has 30 heavy (non-hydrogen) atoms. The second-order valence-corrected chi connectivity index (χ2v) is 9.94. The molecule has 3 N–H and O–H groups in total. The van der Waals surface area contributed by atoms with Gasteiger partial charge in [-0.25, -0.2) is 4.79 Å². The van der Waals surface area contributed by atoms with Gasteiger partial charge in [0.1, 0.15) is 0 Å². The van der Waals surface area contributed by atoms with Crippen LogP contribution in [0.25, 0.3) is 0 Å². The molecule has 0 aromatic heterocycles. The number of hydrogen-bond acceptors (Lipinski definition) is 4. The highest BCUT2D eigenvalue weighted by Crippen LogP contribution is 2.59. The highest BCUT2D eigenvalue weighted by molar-refractivity contribution is 5.72. The van der Waals surface area contributed by atoms with E-state index in [4.69, 9.17) is 4.74 Å². The van der Waals surface area contributed by atoms with Crippen LogP contribution < -0.4 is 0 Å². The molecule has 3 rings (SSSR count). The summed E-state index contributed by atoms with van der Waals surface area (Å²) in [5.74, 6) is 0.413. The minimum absolute atomic E-state index is 0.182. The third kappa shape index (κ3) is 4.58. The Morgan fingerprint density at radius 2 is 2.07 bits per heavy atom. The van der Waals surface area contributed by atoms with E-state index in [1.165, 1.54) is 19.1 Å². The van der Waals surface area contributed by atoms with Gasteiger partial charge in [-0.1, -0.05) is 38.2 Å². The van der Waals surface area contributed by atoms with Crippen LogP contribution >= 0.6 is 0 Å². The second kappa shape index (κ2) is 9.37. The number of ether oxygens (including phenoxy) is 1. The quantitative estimate of drug-likeness (QED) is 0.600. The number of methoxy groups -OCH3 is 1. The number of rotatable bonds is 6. The number of aliphatic hydroxyl groups excluding tert-OH is 2. The summed E-state index contributed by atoms with van der Waals surface area (Å²) in [7, 11) is 1.48. The van der Waals surface area contributed by atoms with Gasteiger partial charge in [0.2, 0.25) is 0 Å². The molecule has 0 aliphatic heterocycles. The van der Waals surface area contributed by atoms with Crippen molar-refractivity contribution in [2.24, 2.45) is 23.2 Å². The van der Waals surface area contributed by atoms with Crippen molar-refractivity contribution in [1.82, 2.24) is 0 Å². The summed E-state index contributed by atoms with van der Waals surface area (Å²) < 4.78 is 5.20. The van der Waals surface area contributed by atoms with Crippen molar-refractivity contribution < 1.29 is 24.9 Å². The van der Waals surface area contributed by atoms with Crippen molar-refractivity contribution in [1.29, 1.82) is 0 Å². The molecule has 0 bridgehead atoms. The molecule has 3 fully saturated rings. The molecule has 168 valence electrons. The van der Waals surface area contributed by atoms with Gasteiger partial charge in [-0.2, -0.15) is 0 Å². The Kier molecular flexibility index (Phi) is 7.26. The van der Waals surface area contributed by atoms with Crippen LogP contribution in [-0.2, 0) is 9.53 Å². The second-order valence-electron chi connectivity index (χ2n) is 9.94. The summed E-state index contributed by atoms with van der Waals surface area (Å²) in [5.41, 5.74) is 3.32. The summed E-state index contributed by atoms with van der Waals surface area (Å²) in [5, 5.41) is 29.5. The molecule has 1 unspecified atom stereocenters. The van der Waals surface area contributed by atoms with E-state index in [2.05, 4.69) is 32.6 Å². The number of hydrogen-bond donors (Lipinski definition) is 3. The summed E-state index contributed by atoms with van der Waals surface area (Å²) in [4.78, 5) is 11.4. The van der Waals surface area contributed by atoms with E-state index >= 15 is 0 Å². The highest BCUT2D eigenvalue weighted by Gasteiger charge is 2.51. The first-order chi connectivity index (χ1) is 14.2. The number of aliphatic carboxylic acids is 1. The van der Waals surface area contributed by atoms with E-state index < -0.39 is 24.3 Å². The zero-order valence-electron chi connectivity index (χ0n) is 18.6. The molecule has 5 heteroatoms. The van der Waals surface area contributed by atoms with Crippen LogP contribution in [0.4, 0.5) is 0 Å².